The van der Waals surface area contributed by atoms with Crippen molar-refractivity contribution in [2.45, 2.75) is 11.8 Å². The van der Waals surface area contributed by atoms with Crippen LogP contribution in [0.2, 0.25) is 0 Å². The highest BCUT2D eigenvalue weighted by Crippen LogP contribution is 2.10. The number of rotatable bonds is 2. The highest BCUT2D eigenvalue weighted by Gasteiger charge is 2.12. The average molecular weight is 209 g/mol. The van der Waals surface area contributed by atoms with Crippen LogP contribution in [0.15, 0.2) is 10.6 Å². The van der Waals surface area contributed by atoms with Crippen molar-refractivity contribution >= 4 is 34.9 Å². The van der Waals surface area contributed by atoms with Crippen molar-refractivity contribution in [1.82, 2.24) is 5.16 Å². The van der Waals surface area contributed by atoms with Crippen LogP contribution < -0.4 is 5.32 Å². The summed E-state index contributed by atoms with van der Waals surface area (Å²) >= 11 is 10.6. The van der Waals surface area contributed by atoms with Gasteiger partial charge in [-0.25, -0.2) is 0 Å². The molecule has 66 valence electrons. The van der Waals surface area contributed by atoms with Crippen LogP contribution in [-0.4, -0.2) is 15.9 Å². The molecule has 1 amide bonds. The summed E-state index contributed by atoms with van der Waals surface area (Å²) in [5.74, 6) is 0.390. The van der Waals surface area contributed by atoms with E-state index in [9.17, 15) is 4.79 Å². The van der Waals surface area contributed by atoms with E-state index < -0.39 is 10.7 Å². The number of anilines is 1. The summed E-state index contributed by atoms with van der Waals surface area (Å²) in [6.45, 7) is 1.71. The van der Waals surface area contributed by atoms with Gasteiger partial charge in [0.1, 0.15) is 5.76 Å². The molecule has 0 radical (unpaired) electrons. The molecule has 0 aliphatic carbocycles. The summed E-state index contributed by atoms with van der Waals surface area (Å²) in [4.78, 5) is 9.77. The topological polar surface area (TPSA) is 55.1 Å². The van der Waals surface area contributed by atoms with E-state index in [-0.39, 0.29) is 0 Å². The van der Waals surface area contributed by atoms with Crippen molar-refractivity contribution in [1.29, 1.82) is 0 Å². The third-order valence-electron chi connectivity index (χ3n) is 1.08. The lowest BCUT2D eigenvalue weighted by atomic mass is 10.5. The Hall–Kier alpha value is -0.740. The lowest BCUT2D eigenvalue weighted by Crippen LogP contribution is -2.18. The predicted octanol–water partition coefficient (Wildman–Crippen LogP) is 1.73. The maximum absolute atomic E-state index is 10.9. The molecule has 0 fully saturated rings. The first-order valence-corrected chi connectivity index (χ1v) is 3.99. The van der Waals surface area contributed by atoms with Crippen LogP contribution in [0, 0.1) is 6.92 Å². The number of alkyl halides is 2. The summed E-state index contributed by atoms with van der Waals surface area (Å²) in [6.07, 6.45) is 0. The van der Waals surface area contributed by atoms with Crippen LogP contribution in [0.3, 0.4) is 0 Å². The Morgan fingerprint density at radius 3 is 2.83 bits per heavy atom. The van der Waals surface area contributed by atoms with Crippen molar-refractivity contribution in [3.63, 3.8) is 0 Å². The Morgan fingerprint density at radius 2 is 2.42 bits per heavy atom. The summed E-state index contributed by atoms with van der Waals surface area (Å²) in [7, 11) is 0. The van der Waals surface area contributed by atoms with Gasteiger partial charge in [-0.1, -0.05) is 28.4 Å². The van der Waals surface area contributed by atoms with E-state index >= 15 is 0 Å². The second-order valence-corrected chi connectivity index (χ2v) is 3.21. The number of halogens is 2. The van der Waals surface area contributed by atoms with Gasteiger partial charge in [-0.2, -0.15) is 0 Å². The van der Waals surface area contributed by atoms with E-state index in [0.717, 1.165) is 0 Å². The fourth-order valence-corrected chi connectivity index (χ4v) is 0.715. The highest BCUT2D eigenvalue weighted by atomic mass is 35.5. The number of aromatic nitrogens is 1. The zero-order valence-corrected chi connectivity index (χ0v) is 7.69. The van der Waals surface area contributed by atoms with Gasteiger partial charge >= 0.3 is 0 Å². The Morgan fingerprint density at radius 1 is 1.75 bits per heavy atom. The Kier molecular flexibility index (Phi) is 2.94. The molecular formula is C6H6Cl2N2O2. The number of hydrogen-bond acceptors (Lipinski definition) is 3. The molecule has 1 aromatic heterocycles. The molecule has 0 aliphatic heterocycles. The molecule has 0 saturated carbocycles. The van der Waals surface area contributed by atoms with E-state index in [2.05, 4.69) is 10.5 Å². The predicted molar refractivity (Wildman–Crippen MR) is 45.4 cm³/mol. The zero-order valence-electron chi connectivity index (χ0n) is 6.17. The van der Waals surface area contributed by atoms with Gasteiger partial charge in [0.2, 0.25) is 0 Å². The van der Waals surface area contributed by atoms with Gasteiger partial charge < -0.3 is 9.84 Å². The van der Waals surface area contributed by atoms with Crippen LogP contribution in [-0.2, 0) is 4.79 Å². The Bertz CT molecular complexity index is 285. The number of amides is 1. The van der Waals surface area contributed by atoms with Crippen LogP contribution in [0.1, 0.15) is 5.76 Å². The molecule has 0 bridgehead atoms. The number of carbonyl (C=O) groups excluding carboxylic acids is 1. The quantitative estimate of drug-likeness (QED) is 0.754. The molecule has 1 N–H and O–H groups in total. The summed E-state index contributed by atoms with van der Waals surface area (Å²) in [5, 5.41) is 5.87. The van der Waals surface area contributed by atoms with Crippen LogP contribution >= 0.6 is 23.2 Å². The molecule has 1 heterocycles. The smallest absolute Gasteiger partial charge is 0.258 e. The summed E-state index contributed by atoms with van der Waals surface area (Å²) in [6, 6.07) is 1.56. The van der Waals surface area contributed by atoms with Crippen LogP contribution in [0.4, 0.5) is 5.82 Å². The second kappa shape index (κ2) is 3.78. The maximum atomic E-state index is 10.9. The van der Waals surface area contributed by atoms with Crippen molar-refractivity contribution < 1.29 is 9.32 Å². The van der Waals surface area contributed by atoms with Gasteiger partial charge in [0.05, 0.1) is 0 Å². The van der Waals surface area contributed by atoms with Crippen LogP contribution in [0.25, 0.3) is 0 Å². The van der Waals surface area contributed by atoms with Crippen molar-refractivity contribution in [2.24, 2.45) is 0 Å². The normalized spacial score (nSPS) is 10.3. The molecule has 1 rings (SSSR count). The van der Waals surface area contributed by atoms with Crippen LogP contribution in [0.5, 0.6) is 0 Å². The van der Waals surface area contributed by atoms with Gasteiger partial charge in [-0.15, -0.1) is 0 Å². The number of nitrogens with zero attached hydrogens (tertiary/aromatic N) is 1. The molecule has 0 aromatic carbocycles. The number of nitrogens with one attached hydrogen (secondary N) is 1. The third-order valence-corrected chi connectivity index (χ3v) is 1.47. The van der Waals surface area contributed by atoms with E-state index in [4.69, 9.17) is 27.7 Å². The van der Waals surface area contributed by atoms with E-state index in [1.54, 1.807) is 13.0 Å². The van der Waals surface area contributed by atoms with E-state index in [1.807, 2.05) is 0 Å². The molecule has 4 nitrogen and oxygen atoms in total. The maximum Gasteiger partial charge on any atom is 0.258 e. The summed E-state index contributed by atoms with van der Waals surface area (Å²) < 4.78 is 4.69. The van der Waals surface area contributed by atoms with Gasteiger partial charge in [0, 0.05) is 6.07 Å². The van der Waals surface area contributed by atoms with Gasteiger partial charge in [-0.3, -0.25) is 4.79 Å². The largest absolute Gasteiger partial charge is 0.360 e. The Labute approximate surface area is 78.8 Å². The number of aryl methyl sites for hydroxylation is 1. The monoisotopic (exact) mass is 208 g/mol. The minimum absolute atomic E-state index is 0.309. The minimum Gasteiger partial charge on any atom is -0.360 e. The molecular weight excluding hydrogens is 203 g/mol. The fourth-order valence-electron chi connectivity index (χ4n) is 0.606. The fraction of sp³-hybridized carbons (Fsp3) is 0.333. The lowest BCUT2D eigenvalue weighted by Gasteiger charge is -1.98. The molecule has 0 atom stereocenters. The third kappa shape index (κ3) is 2.39. The van der Waals surface area contributed by atoms with Crippen molar-refractivity contribution in [2.75, 3.05) is 5.32 Å². The average Bonchev–Trinajstić information content (AvgIpc) is 2.35. The van der Waals surface area contributed by atoms with E-state index in [1.165, 1.54) is 0 Å². The highest BCUT2D eigenvalue weighted by molar-refractivity contribution is 6.54. The molecule has 0 spiro atoms. The second-order valence-electron chi connectivity index (χ2n) is 2.11. The number of carbonyl (C=O) groups is 1. The number of hydrogen-bond donors (Lipinski definition) is 1. The van der Waals surface area contributed by atoms with Gasteiger partial charge in [0.15, 0.2) is 10.7 Å². The zero-order chi connectivity index (χ0) is 9.14. The molecule has 1 aromatic rings. The lowest BCUT2D eigenvalue weighted by molar-refractivity contribution is -0.114. The first kappa shape index (κ1) is 9.35. The van der Waals surface area contributed by atoms with E-state index in [0.29, 0.717) is 11.6 Å². The van der Waals surface area contributed by atoms with Crippen molar-refractivity contribution in [3.8, 4) is 0 Å². The molecule has 12 heavy (non-hydrogen) atoms. The molecule has 6 heteroatoms. The molecule has 0 aliphatic rings. The standard InChI is InChI=1S/C6H6Cl2N2O2/c1-3-2-4(10-12-3)9-6(11)5(7)8/h2,5H,1H3,(H,9,10,11). The Balaban J connectivity index is 2.58. The van der Waals surface area contributed by atoms with Gasteiger partial charge in [-0.05, 0) is 6.92 Å². The first-order chi connectivity index (χ1) is 5.59. The summed E-state index contributed by atoms with van der Waals surface area (Å²) in [5.41, 5.74) is 0. The SMILES string of the molecule is Cc1cc(NC(=O)C(Cl)Cl)no1. The van der Waals surface area contributed by atoms with Crippen molar-refractivity contribution in [3.05, 3.63) is 11.8 Å². The molecule has 0 saturated heterocycles. The minimum atomic E-state index is -1.10. The molecule has 0 unspecified atom stereocenters. The first-order valence-electron chi connectivity index (χ1n) is 3.12. The van der Waals surface area contributed by atoms with Gasteiger partial charge in [0.25, 0.3) is 5.91 Å².